The van der Waals surface area contributed by atoms with E-state index in [0.29, 0.717) is 46.5 Å². The van der Waals surface area contributed by atoms with E-state index < -0.39 is 5.97 Å². The molecule has 0 N–H and O–H groups in total. The van der Waals surface area contributed by atoms with E-state index in [9.17, 15) is 14.7 Å². The zero-order chi connectivity index (χ0) is 19.1. The van der Waals surface area contributed by atoms with Gasteiger partial charge in [-0.1, -0.05) is 36.5 Å². The lowest BCUT2D eigenvalue weighted by molar-refractivity contribution is -0.305. The lowest BCUT2D eigenvalue weighted by Crippen LogP contribution is -2.29. The molecule has 1 aromatic carbocycles. The van der Waals surface area contributed by atoms with E-state index in [0.717, 1.165) is 5.56 Å². The van der Waals surface area contributed by atoms with E-state index in [4.69, 9.17) is 21.7 Å². The molecule has 0 saturated carbocycles. The molecule has 1 aliphatic heterocycles. The first kappa shape index (κ1) is 20.3. The van der Waals surface area contributed by atoms with Gasteiger partial charge in [-0.15, -0.1) is 0 Å². The molecule has 1 aliphatic rings. The van der Waals surface area contributed by atoms with Crippen molar-refractivity contribution in [3.05, 3.63) is 28.7 Å². The maximum absolute atomic E-state index is 12.6. The van der Waals surface area contributed by atoms with Gasteiger partial charge in [0.2, 0.25) is 0 Å². The van der Waals surface area contributed by atoms with E-state index in [2.05, 4.69) is 0 Å². The molecule has 1 heterocycles. The lowest BCUT2D eigenvalue weighted by atomic mass is 10.1. The van der Waals surface area contributed by atoms with Gasteiger partial charge in [0.05, 0.1) is 19.1 Å². The molecule has 0 atom stereocenters. The number of amides is 1. The topological polar surface area (TPSA) is 78.9 Å². The SMILES string of the molecule is COc1ccc(C=C2SC(=S)N(CCCCCC(=O)[O-])C2=O)cc1OC. The number of carbonyl (C=O) groups is 2. The largest absolute Gasteiger partial charge is 0.550 e. The molecular formula is C18H20NO5S2-. The lowest BCUT2D eigenvalue weighted by Gasteiger charge is -2.14. The number of carbonyl (C=O) groups excluding carboxylic acids is 2. The molecule has 1 aromatic rings. The van der Waals surface area contributed by atoms with E-state index in [1.807, 2.05) is 6.07 Å². The van der Waals surface area contributed by atoms with Crippen molar-refractivity contribution in [2.45, 2.75) is 25.7 Å². The van der Waals surface area contributed by atoms with Crippen molar-refractivity contribution in [3.63, 3.8) is 0 Å². The highest BCUT2D eigenvalue weighted by molar-refractivity contribution is 8.26. The number of carboxylic acid groups (broad SMARTS) is 1. The number of rotatable bonds is 9. The number of hydrogen-bond acceptors (Lipinski definition) is 7. The quantitative estimate of drug-likeness (QED) is 0.361. The number of thioether (sulfide) groups is 1. The van der Waals surface area contributed by atoms with Crippen LogP contribution in [0.1, 0.15) is 31.2 Å². The van der Waals surface area contributed by atoms with Gasteiger partial charge in [0.25, 0.3) is 5.91 Å². The first-order valence-corrected chi connectivity index (χ1v) is 9.36. The highest BCUT2D eigenvalue weighted by Gasteiger charge is 2.31. The standard InChI is InChI=1S/C18H21NO5S2/c1-23-13-8-7-12(10-14(13)24-2)11-15-17(22)19(18(25)26-15)9-5-3-4-6-16(20)21/h7-8,10-11H,3-6,9H2,1-2H3,(H,20,21)/p-1. The summed E-state index contributed by atoms with van der Waals surface area (Å²) in [5.74, 6) is 0.0292. The van der Waals surface area contributed by atoms with Gasteiger partial charge < -0.3 is 19.4 Å². The zero-order valence-electron chi connectivity index (χ0n) is 14.6. The Bertz CT molecular complexity index is 732. The van der Waals surface area contributed by atoms with Crippen LogP contribution in [0.4, 0.5) is 0 Å². The third-order valence-electron chi connectivity index (χ3n) is 3.84. The van der Waals surface area contributed by atoms with E-state index in [1.165, 1.54) is 11.8 Å². The summed E-state index contributed by atoms with van der Waals surface area (Å²) in [5, 5.41) is 10.4. The van der Waals surface area contributed by atoms with Crippen LogP contribution in [0.25, 0.3) is 6.08 Å². The Balaban J connectivity index is 2.01. The van der Waals surface area contributed by atoms with E-state index >= 15 is 0 Å². The second kappa shape index (κ2) is 9.59. The van der Waals surface area contributed by atoms with Gasteiger partial charge in [-0.3, -0.25) is 9.69 Å². The van der Waals surface area contributed by atoms with Gasteiger partial charge in [-0.05, 0) is 43.0 Å². The normalized spacial score (nSPS) is 15.6. The number of hydrogen-bond donors (Lipinski definition) is 0. The molecule has 0 aliphatic carbocycles. The van der Waals surface area contributed by atoms with Crippen LogP contribution >= 0.6 is 24.0 Å². The predicted octanol–water partition coefficient (Wildman–Crippen LogP) is 2.22. The summed E-state index contributed by atoms with van der Waals surface area (Å²) in [6.07, 6.45) is 3.76. The van der Waals surface area contributed by atoms with Crippen LogP contribution in [0.3, 0.4) is 0 Å². The van der Waals surface area contributed by atoms with Crippen molar-refractivity contribution in [1.82, 2.24) is 4.90 Å². The first-order chi connectivity index (χ1) is 12.5. The van der Waals surface area contributed by atoms with Crippen LogP contribution in [-0.2, 0) is 9.59 Å². The molecular weight excluding hydrogens is 374 g/mol. The summed E-state index contributed by atoms with van der Waals surface area (Å²) in [4.78, 5) is 25.1. The van der Waals surface area contributed by atoms with Gasteiger partial charge in [0, 0.05) is 12.5 Å². The van der Waals surface area contributed by atoms with Crippen LogP contribution < -0.4 is 14.6 Å². The van der Waals surface area contributed by atoms with Crippen LogP contribution in [0.5, 0.6) is 11.5 Å². The second-order valence-corrected chi connectivity index (χ2v) is 7.31. The molecule has 26 heavy (non-hydrogen) atoms. The average molecular weight is 394 g/mol. The minimum absolute atomic E-state index is 0.0393. The summed E-state index contributed by atoms with van der Waals surface area (Å²) in [7, 11) is 3.12. The van der Waals surface area contributed by atoms with Gasteiger partial charge in [-0.25, -0.2) is 0 Å². The van der Waals surface area contributed by atoms with Crippen LogP contribution in [-0.4, -0.2) is 41.9 Å². The maximum Gasteiger partial charge on any atom is 0.266 e. The fourth-order valence-corrected chi connectivity index (χ4v) is 3.81. The number of carboxylic acids is 1. The van der Waals surface area contributed by atoms with Crippen molar-refractivity contribution in [2.24, 2.45) is 0 Å². The minimum atomic E-state index is -1.05. The monoisotopic (exact) mass is 394 g/mol. The molecule has 8 heteroatoms. The maximum atomic E-state index is 12.6. The summed E-state index contributed by atoms with van der Waals surface area (Å²) < 4.78 is 11.0. The Kier molecular flexibility index (Phi) is 7.47. The highest BCUT2D eigenvalue weighted by Crippen LogP contribution is 2.34. The number of benzene rings is 1. The Morgan fingerprint density at radius 1 is 1.23 bits per heavy atom. The average Bonchev–Trinajstić information content (AvgIpc) is 2.88. The van der Waals surface area contributed by atoms with Crippen molar-refractivity contribution in [1.29, 1.82) is 0 Å². The van der Waals surface area contributed by atoms with Crippen molar-refractivity contribution in [2.75, 3.05) is 20.8 Å². The number of unbranched alkanes of at least 4 members (excludes halogenated alkanes) is 2. The summed E-state index contributed by atoms with van der Waals surface area (Å²) in [6, 6.07) is 5.42. The Hall–Kier alpha value is -2.06. The zero-order valence-corrected chi connectivity index (χ0v) is 16.3. The molecule has 0 spiro atoms. The highest BCUT2D eigenvalue weighted by atomic mass is 32.2. The Morgan fingerprint density at radius 2 is 1.96 bits per heavy atom. The summed E-state index contributed by atoms with van der Waals surface area (Å²) in [5.41, 5.74) is 0.817. The number of ether oxygens (including phenoxy) is 2. The van der Waals surface area contributed by atoms with Gasteiger partial charge in [0.1, 0.15) is 4.32 Å². The smallest absolute Gasteiger partial charge is 0.266 e. The predicted molar refractivity (Wildman–Crippen MR) is 103 cm³/mol. The fourth-order valence-electron chi connectivity index (χ4n) is 2.50. The van der Waals surface area contributed by atoms with Crippen LogP contribution in [0, 0.1) is 0 Å². The van der Waals surface area contributed by atoms with Crippen molar-refractivity contribution < 1.29 is 24.2 Å². The molecule has 0 unspecified atom stereocenters. The third kappa shape index (κ3) is 5.22. The molecule has 1 amide bonds. The number of thiocarbonyl (C=S) groups is 1. The van der Waals surface area contributed by atoms with Gasteiger partial charge in [-0.2, -0.15) is 0 Å². The number of methoxy groups -OCH3 is 2. The summed E-state index contributed by atoms with van der Waals surface area (Å²) in [6.45, 7) is 0.487. The molecule has 1 saturated heterocycles. The molecule has 0 bridgehead atoms. The third-order valence-corrected chi connectivity index (χ3v) is 5.22. The van der Waals surface area contributed by atoms with E-state index in [1.54, 1.807) is 37.3 Å². The Labute approximate surface area is 162 Å². The fraction of sp³-hybridized carbons (Fsp3) is 0.389. The Morgan fingerprint density at radius 3 is 2.62 bits per heavy atom. The van der Waals surface area contributed by atoms with Crippen molar-refractivity contribution >= 4 is 46.3 Å². The summed E-state index contributed by atoms with van der Waals surface area (Å²) >= 11 is 6.56. The van der Waals surface area contributed by atoms with Gasteiger partial charge >= 0.3 is 0 Å². The number of nitrogens with zero attached hydrogens (tertiary/aromatic N) is 1. The molecule has 1 fully saturated rings. The van der Waals surface area contributed by atoms with Crippen LogP contribution in [0.15, 0.2) is 23.1 Å². The molecule has 0 aromatic heterocycles. The molecule has 2 rings (SSSR count). The van der Waals surface area contributed by atoms with Crippen LogP contribution in [0.2, 0.25) is 0 Å². The minimum Gasteiger partial charge on any atom is -0.550 e. The van der Waals surface area contributed by atoms with E-state index in [-0.39, 0.29) is 12.3 Å². The van der Waals surface area contributed by atoms with Gasteiger partial charge in [0.15, 0.2) is 11.5 Å². The molecule has 6 nitrogen and oxygen atoms in total. The number of aliphatic carboxylic acids is 1. The molecule has 0 radical (unpaired) electrons. The first-order valence-electron chi connectivity index (χ1n) is 8.13. The van der Waals surface area contributed by atoms with Crippen molar-refractivity contribution in [3.8, 4) is 11.5 Å². The molecule has 140 valence electrons. The second-order valence-electron chi connectivity index (χ2n) is 5.63.